The number of urea groups is 1. The lowest BCUT2D eigenvalue weighted by Crippen LogP contribution is -2.46. The molecule has 1 saturated heterocycles. The van der Waals surface area contributed by atoms with Crippen LogP contribution in [0.3, 0.4) is 0 Å². The van der Waals surface area contributed by atoms with E-state index in [1.807, 2.05) is 19.1 Å². The van der Waals surface area contributed by atoms with Gasteiger partial charge >= 0.3 is 12.0 Å². The number of hydrogen-bond acceptors (Lipinski definition) is 4. The van der Waals surface area contributed by atoms with Gasteiger partial charge in [0.1, 0.15) is 0 Å². The summed E-state index contributed by atoms with van der Waals surface area (Å²) in [5.74, 6) is -0.337. The minimum absolute atomic E-state index is 0.140. The fourth-order valence-corrected chi connectivity index (χ4v) is 3.15. The van der Waals surface area contributed by atoms with E-state index in [2.05, 4.69) is 10.3 Å². The minimum atomic E-state index is -0.863. The Morgan fingerprint density at radius 2 is 2.12 bits per heavy atom. The minimum Gasteiger partial charge on any atom is -0.481 e. The van der Waals surface area contributed by atoms with Crippen LogP contribution in [-0.4, -0.2) is 40.1 Å². The molecular formula is C18H20ClN3O4. The second-order valence-corrected chi connectivity index (χ2v) is 6.75. The standard InChI is InChI=1S/C18H20ClN3O4/c1-11-16(12-4-6-14(19)7-5-12)26-15(21-11)9-20-18(25)22-8-2-3-13(10-22)17(23)24/h4-7,13H,2-3,8-10H2,1H3,(H,20,25)(H,23,24). The highest BCUT2D eigenvalue weighted by Crippen LogP contribution is 2.26. The summed E-state index contributed by atoms with van der Waals surface area (Å²) >= 11 is 5.90. The molecule has 138 valence electrons. The lowest BCUT2D eigenvalue weighted by molar-refractivity contribution is -0.143. The number of hydrogen-bond donors (Lipinski definition) is 2. The SMILES string of the molecule is Cc1nc(CNC(=O)N2CCCC(C(=O)O)C2)oc1-c1ccc(Cl)cc1. The number of aromatic nitrogens is 1. The molecule has 0 saturated carbocycles. The third-order valence-electron chi connectivity index (χ3n) is 4.40. The normalized spacial score (nSPS) is 17.2. The first-order valence-electron chi connectivity index (χ1n) is 8.42. The zero-order valence-corrected chi connectivity index (χ0v) is 15.1. The number of rotatable bonds is 4. The van der Waals surface area contributed by atoms with Gasteiger partial charge in [-0.3, -0.25) is 4.79 Å². The van der Waals surface area contributed by atoms with Gasteiger partial charge in [0.25, 0.3) is 0 Å². The molecule has 3 rings (SSSR count). The number of likely N-dealkylation sites (tertiary alicyclic amines) is 1. The molecule has 1 atom stereocenters. The Labute approximate surface area is 156 Å². The summed E-state index contributed by atoms with van der Waals surface area (Å²) in [4.78, 5) is 29.3. The third kappa shape index (κ3) is 4.16. The van der Waals surface area contributed by atoms with E-state index in [1.165, 1.54) is 4.90 Å². The van der Waals surface area contributed by atoms with Crippen molar-refractivity contribution >= 4 is 23.6 Å². The number of halogens is 1. The van der Waals surface area contributed by atoms with E-state index < -0.39 is 11.9 Å². The monoisotopic (exact) mass is 377 g/mol. The van der Waals surface area contributed by atoms with Gasteiger partial charge in [-0.1, -0.05) is 11.6 Å². The number of carboxylic acid groups (broad SMARTS) is 1. The Balaban J connectivity index is 1.61. The van der Waals surface area contributed by atoms with Gasteiger partial charge in [0, 0.05) is 23.7 Å². The van der Waals surface area contributed by atoms with Gasteiger partial charge in [-0.2, -0.15) is 0 Å². The molecular weight excluding hydrogens is 358 g/mol. The number of oxazole rings is 1. The molecule has 1 fully saturated rings. The summed E-state index contributed by atoms with van der Waals surface area (Å²) < 4.78 is 5.76. The first-order chi connectivity index (χ1) is 12.4. The van der Waals surface area contributed by atoms with Gasteiger partial charge < -0.3 is 19.7 Å². The maximum absolute atomic E-state index is 12.3. The van der Waals surface area contributed by atoms with Crippen molar-refractivity contribution in [3.63, 3.8) is 0 Å². The highest BCUT2D eigenvalue weighted by molar-refractivity contribution is 6.30. The molecule has 2 aromatic rings. The van der Waals surface area contributed by atoms with Crippen LogP contribution in [0.4, 0.5) is 4.79 Å². The number of carboxylic acids is 1. The van der Waals surface area contributed by atoms with Crippen molar-refractivity contribution in [2.75, 3.05) is 13.1 Å². The molecule has 8 heteroatoms. The summed E-state index contributed by atoms with van der Waals surface area (Å²) in [6, 6.07) is 6.93. The van der Waals surface area contributed by atoms with Gasteiger partial charge in [0.15, 0.2) is 5.76 Å². The fraction of sp³-hybridized carbons (Fsp3) is 0.389. The third-order valence-corrected chi connectivity index (χ3v) is 4.65. The van der Waals surface area contributed by atoms with Crippen molar-refractivity contribution in [1.82, 2.24) is 15.2 Å². The van der Waals surface area contributed by atoms with Gasteiger partial charge in [-0.15, -0.1) is 0 Å². The number of aryl methyl sites for hydroxylation is 1. The van der Waals surface area contributed by atoms with E-state index >= 15 is 0 Å². The predicted molar refractivity (Wildman–Crippen MR) is 95.9 cm³/mol. The van der Waals surface area contributed by atoms with Crippen LogP contribution in [0.1, 0.15) is 24.4 Å². The first kappa shape index (κ1) is 18.3. The second-order valence-electron chi connectivity index (χ2n) is 6.31. The van der Waals surface area contributed by atoms with Gasteiger partial charge in [0.05, 0.1) is 18.2 Å². The quantitative estimate of drug-likeness (QED) is 0.852. The van der Waals surface area contributed by atoms with Crippen molar-refractivity contribution in [2.24, 2.45) is 5.92 Å². The fourth-order valence-electron chi connectivity index (χ4n) is 3.02. The summed E-state index contributed by atoms with van der Waals surface area (Å²) in [6.45, 7) is 2.75. The molecule has 1 aromatic heterocycles. The number of carbonyl (C=O) groups is 2. The van der Waals surface area contributed by atoms with Crippen LogP contribution in [0.2, 0.25) is 5.02 Å². The smallest absolute Gasteiger partial charge is 0.317 e. The second kappa shape index (κ2) is 7.78. The topological polar surface area (TPSA) is 95.7 Å². The van der Waals surface area contributed by atoms with Crippen LogP contribution in [0.25, 0.3) is 11.3 Å². The zero-order valence-electron chi connectivity index (χ0n) is 14.4. The van der Waals surface area contributed by atoms with Crippen LogP contribution >= 0.6 is 11.6 Å². The van der Waals surface area contributed by atoms with Crippen molar-refractivity contribution in [1.29, 1.82) is 0 Å². The molecule has 0 spiro atoms. The number of amides is 2. The molecule has 26 heavy (non-hydrogen) atoms. The van der Waals surface area contributed by atoms with Crippen LogP contribution in [-0.2, 0) is 11.3 Å². The summed E-state index contributed by atoms with van der Waals surface area (Å²) in [7, 11) is 0. The molecule has 2 amide bonds. The Kier molecular flexibility index (Phi) is 5.46. The highest BCUT2D eigenvalue weighted by Gasteiger charge is 2.28. The average molecular weight is 378 g/mol. The van der Waals surface area contributed by atoms with Gasteiger partial charge in [-0.05, 0) is 44.0 Å². The van der Waals surface area contributed by atoms with E-state index in [0.29, 0.717) is 36.1 Å². The largest absolute Gasteiger partial charge is 0.481 e. The lowest BCUT2D eigenvalue weighted by Gasteiger charge is -2.30. The van der Waals surface area contributed by atoms with E-state index in [9.17, 15) is 9.59 Å². The predicted octanol–water partition coefficient (Wildman–Crippen LogP) is 3.31. The van der Waals surface area contributed by atoms with Crippen molar-refractivity contribution in [2.45, 2.75) is 26.3 Å². The molecule has 1 aliphatic rings. The molecule has 0 aliphatic carbocycles. The first-order valence-corrected chi connectivity index (χ1v) is 8.79. The number of benzene rings is 1. The lowest BCUT2D eigenvalue weighted by atomic mass is 9.99. The molecule has 2 N–H and O–H groups in total. The Morgan fingerprint density at radius 1 is 1.38 bits per heavy atom. The number of piperidine rings is 1. The Hall–Kier alpha value is -2.54. The Bertz CT molecular complexity index is 803. The van der Waals surface area contributed by atoms with Crippen LogP contribution in [0, 0.1) is 12.8 Å². The van der Waals surface area contributed by atoms with Crippen molar-refractivity contribution in [3.8, 4) is 11.3 Å². The van der Waals surface area contributed by atoms with E-state index in [4.69, 9.17) is 21.1 Å². The van der Waals surface area contributed by atoms with Crippen LogP contribution in [0.15, 0.2) is 28.7 Å². The van der Waals surface area contributed by atoms with Gasteiger partial charge in [-0.25, -0.2) is 9.78 Å². The molecule has 2 heterocycles. The maximum Gasteiger partial charge on any atom is 0.317 e. The number of nitrogens with one attached hydrogen (secondary N) is 1. The Morgan fingerprint density at radius 3 is 2.81 bits per heavy atom. The number of nitrogens with zero attached hydrogens (tertiary/aromatic N) is 2. The molecule has 0 radical (unpaired) electrons. The zero-order chi connectivity index (χ0) is 18.7. The number of aliphatic carboxylic acids is 1. The van der Waals surface area contributed by atoms with Crippen molar-refractivity contribution < 1.29 is 19.1 Å². The molecule has 7 nitrogen and oxygen atoms in total. The van der Waals surface area contributed by atoms with Gasteiger partial charge in [0.2, 0.25) is 5.89 Å². The van der Waals surface area contributed by atoms with Crippen LogP contribution in [0.5, 0.6) is 0 Å². The van der Waals surface area contributed by atoms with E-state index in [1.54, 1.807) is 12.1 Å². The number of carbonyl (C=O) groups excluding carboxylic acids is 1. The van der Waals surface area contributed by atoms with E-state index in [0.717, 1.165) is 11.3 Å². The molecule has 1 aliphatic heterocycles. The summed E-state index contributed by atoms with van der Waals surface area (Å²) in [5.41, 5.74) is 1.58. The maximum atomic E-state index is 12.3. The molecule has 1 unspecified atom stereocenters. The highest BCUT2D eigenvalue weighted by atomic mass is 35.5. The average Bonchev–Trinajstić information content (AvgIpc) is 3.01. The molecule has 0 bridgehead atoms. The summed E-state index contributed by atoms with van der Waals surface area (Å²) in [6.07, 6.45) is 1.28. The van der Waals surface area contributed by atoms with Crippen molar-refractivity contribution in [3.05, 3.63) is 40.9 Å². The van der Waals surface area contributed by atoms with Crippen LogP contribution < -0.4 is 5.32 Å². The summed E-state index contributed by atoms with van der Waals surface area (Å²) in [5, 5.41) is 12.5. The van der Waals surface area contributed by atoms with E-state index in [-0.39, 0.29) is 19.1 Å². The molecule has 1 aromatic carbocycles.